The number of carboxylic acid groups (broad SMARTS) is 3. The van der Waals surface area contributed by atoms with Crippen molar-refractivity contribution in [2.24, 2.45) is 0 Å². The van der Waals surface area contributed by atoms with E-state index in [1.165, 1.54) is 31.0 Å². The van der Waals surface area contributed by atoms with Crippen molar-refractivity contribution in [2.75, 3.05) is 23.3 Å². The average molecular weight is 812 g/mol. The lowest BCUT2D eigenvalue weighted by molar-refractivity contribution is -0.193. The van der Waals surface area contributed by atoms with E-state index >= 15 is 0 Å². The number of carbonyl (C=O) groups is 3. The van der Waals surface area contributed by atoms with Gasteiger partial charge < -0.3 is 30.9 Å². The van der Waals surface area contributed by atoms with Crippen LogP contribution in [0.5, 0.6) is 0 Å². The molecule has 56 heavy (non-hydrogen) atoms. The maximum Gasteiger partial charge on any atom is 0.490 e. The van der Waals surface area contributed by atoms with Gasteiger partial charge in [-0.15, -0.1) is 0 Å². The molecule has 0 unspecified atom stereocenters. The molecule has 2 aromatic carbocycles. The number of hydrogen-bond donors (Lipinski definition) is 5. The molecule has 0 spiro atoms. The summed E-state index contributed by atoms with van der Waals surface area (Å²) < 4.78 is 109. The fourth-order valence-corrected chi connectivity index (χ4v) is 5.45. The first-order chi connectivity index (χ1) is 26.0. The molecule has 3 aromatic rings. The van der Waals surface area contributed by atoms with E-state index in [1.807, 2.05) is 30.3 Å². The summed E-state index contributed by atoms with van der Waals surface area (Å²) in [5.74, 6) is -7.66. The van der Waals surface area contributed by atoms with Crippen LogP contribution in [0.15, 0.2) is 66.9 Å². The molecule has 1 aliphatic heterocycles. The highest BCUT2D eigenvalue weighted by molar-refractivity contribution is 5.73. The first-order valence-corrected chi connectivity index (χ1v) is 16.4. The smallest absolute Gasteiger partial charge is 0.475 e. The minimum absolute atomic E-state index is 0.229. The van der Waals surface area contributed by atoms with Crippen molar-refractivity contribution in [3.63, 3.8) is 0 Å². The molecule has 1 aromatic heterocycles. The van der Waals surface area contributed by atoms with Crippen LogP contribution in [-0.4, -0.2) is 88.0 Å². The fraction of sp³-hybridized carbons (Fsp3) is 0.400. The van der Waals surface area contributed by atoms with E-state index in [4.69, 9.17) is 35.0 Å². The van der Waals surface area contributed by atoms with E-state index in [0.29, 0.717) is 23.7 Å². The number of alkyl halides is 9. The topological polar surface area (TPSA) is 176 Å². The summed E-state index contributed by atoms with van der Waals surface area (Å²) in [7, 11) is 0. The quantitative estimate of drug-likeness (QED) is 0.155. The summed E-state index contributed by atoms with van der Waals surface area (Å²) in [4.78, 5) is 33.7. The number of nitrogens with one attached hydrogen (secondary N) is 2. The van der Waals surface area contributed by atoms with Gasteiger partial charge in [0.25, 0.3) is 0 Å². The first-order valence-electron chi connectivity index (χ1n) is 16.4. The molecule has 21 heteroatoms. The molecule has 0 bridgehead atoms. The van der Waals surface area contributed by atoms with Crippen molar-refractivity contribution in [2.45, 2.75) is 75.2 Å². The molecule has 0 amide bonds. The molecule has 5 rings (SSSR count). The Morgan fingerprint density at radius 3 is 1.75 bits per heavy atom. The van der Waals surface area contributed by atoms with Crippen LogP contribution >= 0.6 is 0 Å². The van der Waals surface area contributed by atoms with Crippen LogP contribution < -0.4 is 15.5 Å². The number of piperidine rings is 1. The van der Waals surface area contributed by atoms with Gasteiger partial charge >= 0.3 is 36.4 Å². The Morgan fingerprint density at radius 2 is 1.25 bits per heavy atom. The lowest BCUT2D eigenvalue weighted by Crippen LogP contribution is -2.54. The van der Waals surface area contributed by atoms with E-state index in [9.17, 15) is 43.9 Å². The number of anilines is 2. The Kier molecular flexibility index (Phi) is 17.3. The second-order valence-electron chi connectivity index (χ2n) is 12.1. The standard InChI is InChI=1S/C29H32FN5.3C2HF3O2/c30-24-6-3-5-22(17-24)23-14-15-32-29(18-23)34-28-9-2-1-8-27(28)33-25-7-4-16-35(20-25)26-12-10-21(19-31)11-13-26;3*3-2(4,5)1(6)7/h3,5-6,10-15,17-18,25,27-28,33H,1-2,4,7-9,16,20H2,(H,32,34);3*(H,6,7)/t25-,27+,28+;;;/m0.../s1. The lowest BCUT2D eigenvalue weighted by atomic mass is 9.89. The summed E-state index contributed by atoms with van der Waals surface area (Å²) in [6, 6.07) is 21.9. The predicted molar refractivity (Wildman–Crippen MR) is 180 cm³/mol. The van der Waals surface area contributed by atoms with Crippen LogP contribution in [-0.2, 0) is 14.4 Å². The third-order valence-corrected chi connectivity index (χ3v) is 7.98. The molecular formula is C35H35F10N5O6. The predicted octanol–water partition coefficient (Wildman–Crippen LogP) is 7.64. The van der Waals surface area contributed by atoms with Gasteiger partial charge in [-0.1, -0.05) is 25.0 Å². The van der Waals surface area contributed by atoms with Crippen LogP contribution in [0.2, 0.25) is 0 Å². The molecule has 2 aliphatic rings. The molecule has 0 radical (unpaired) electrons. The maximum absolute atomic E-state index is 13.7. The monoisotopic (exact) mass is 811 g/mol. The molecular weight excluding hydrogens is 776 g/mol. The third kappa shape index (κ3) is 16.4. The number of benzene rings is 2. The van der Waals surface area contributed by atoms with Crippen molar-refractivity contribution in [3.8, 4) is 17.2 Å². The Balaban J connectivity index is 0.000000423. The lowest BCUT2D eigenvalue weighted by Gasteiger charge is -2.40. The normalized spacial score (nSPS) is 18.2. The number of nitriles is 1. The number of rotatable bonds is 6. The van der Waals surface area contributed by atoms with Gasteiger partial charge in [-0.25, -0.2) is 23.8 Å². The average Bonchev–Trinajstić information content (AvgIpc) is 3.12. The van der Waals surface area contributed by atoms with Crippen molar-refractivity contribution >= 4 is 29.4 Å². The van der Waals surface area contributed by atoms with E-state index < -0.39 is 36.4 Å². The number of halogens is 10. The number of nitrogens with zero attached hydrogens (tertiary/aromatic N) is 3. The highest BCUT2D eigenvalue weighted by atomic mass is 19.4. The summed E-state index contributed by atoms with van der Waals surface area (Å²) in [6.07, 6.45) is -6.43. The van der Waals surface area contributed by atoms with Crippen LogP contribution in [0.1, 0.15) is 44.1 Å². The van der Waals surface area contributed by atoms with Gasteiger partial charge in [0.15, 0.2) is 0 Å². The Hall–Kier alpha value is -5.65. The number of pyridine rings is 1. The molecule has 2 fully saturated rings. The maximum atomic E-state index is 13.7. The van der Waals surface area contributed by atoms with Crippen molar-refractivity contribution in [3.05, 3.63) is 78.2 Å². The van der Waals surface area contributed by atoms with Crippen molar-refractivity contribution < 1.29 is 73.6 Å². The number of aromatic nitrogens is 1. The van der Waals surface area contributed by atoms with Crippen LogP contribution in [0.4, 0.5) is 55.4 Å². The molecule has 11 nitrogen and oxygen atoms in total. The molecule has 3 atom stereocenters. The van der Waals surface area contributed by atoms with Gasteiger partial charge in [0.1, 0.15) is 11.6 Å². The van der Waals surface area contributed by atoms with E-state index in [-0.39, 0.29) is 5.82 Å². The highest BCUT2D eigenvalue weighted by Crippen LogP contribution is 2.27. The van der Waals surface area contributed by atoms with Gasteiger partial charge in [-0.3, -0.25) is 0 Å². The van der Waals surface area contributed by atoms with Crippen molar-refractivity contribution in [1.29, 1.82) is 5.26 Å². The summed E-state index contributed by atoms with van der Waals surface area (Å²) >= 11 is 0. The second kappa shape index (κ2) is 20.9. The number of carboxylic acids is 3. The van der Waals surface area contributed by atoms with Crippen LogP contribution in [0.3, 0.4) is 0 Å². The molecule has 2 heterocycles. The van der Waals surface area contributed by atoms with E-state index in [2.05, 4.69) is 38.7 Å². The minimum Gasteiger partial charge on any atom is -0.475 e. The molecule has 5 N–H and O–H groups in total. The number of hydrogen-bond acceptors (Lipinski definition) is 8. The zero-order valence-electron chi connectivity index (χ0n) is 28.9. The second-order valence-corrected chi connectivity index (χ2v) is 12.1. The summed E-state index contributed by atoms with van der Waals surface area (Å²) in [5.41, 5.74) is 3.71. The van der Waals surface area contributed by atoms with Gasteiger partial charge in [0, 0.05) is 43.1 Å². The van der Waals surface area contributed by atoms with Gasteiger partial charge in [0.2, 0.25) is 0 Å². The SMILES string of the molecule is N#Cc1ccc(N2CCC[C@H](N[C@@H]3CCCC[C@H]3Nc3cc(-c4cccc(F)c4)ccn3)C2)cc1.O=C(O)C(F)(F)F.O=C(O)C(F)(F)F.O=C(O)C(F)(F)F. The van der Waals surface area contributed by atoms with Crippen molar-refractivity contribution in [1.82, 2.24) is 10.3 Å². The van der Waals surface area contributed by atoms with Crippen LogP contribution in [0.25, 0.3) is 11.1 Å². The fourth-order valence-electron chi connectivity index (χ4n) is 5.45. The number of aliphatic carboxylic acids is 3. The van der Waals surface area contributed by atoms with Gasteiger partial charge in [-0.05, 0) is 85.3 Å². The Morgan fingerprint density at radius 1 is 0.732 bits per heavy atom. The summed E-state index contributed by atoms with van der Waals surface area (Å²) in [5, 5.41) is 38.1. The van der Waals surface area contributed by atoms with Gasteiger partial charge in [-0.2, -0.15) is 44.8 Å². The largest absolute Gasteiger partial charge is 0.490 e. The Bertz CT molecular complexity index is 1730. The van der Waals surface area contributed by atoms with Crippen LogP contribution in [0, 0.1) is 17.1 Å². The molecule has 1 saturated heterocycles. The molecule has 306 valence electrons. The van der Waals surface area contributed by atoms with E-state index in [0.717, 1.165) is 49.3 Å². The molecule has 1 aliphatic carbocycles. The Labute approximate surface area is 312 Å². The van der Waals surface area contributed by atoms with Gasteiger partial charge in [0.05, 0.1) is 11.6 Å². The highest BCUT2D eigenvalue weighted by Gasteiger charge is 2.39. The first kappa shape index (κ1) is 46.5. The summed E-state index contributed by atoms with van der Waals surface area (Å²) in [6.45, 7) is 2.02. The molecule has 1 saturated carbocycles. The van der Waals surface area contributed by atoms with E-state index in [1.54, 1.807) is 18.3 Å². The zero-order valence-corrected chi connectivity index (χ0v) is 28.9. The third-order valence-electron chi connectivity index (χ3n) is 7.98. The zero-order chi connectivity index (χ0) is 42.3. The minimum atomic E-state index is -5.08.